The van der Waals surface area contributed by atoms with Crippen LogP contribution in [0.4, 0.5) is 5.69 Å². The van der Waals surface area contributed by atoms with E-state index in [1.807, 2.05) is 70.7 Å². The number of unbranched alkanes of at least 4 members (excludes halogenated alkanes) is 1. The predicted octanol–water partition coefficient (Wildman–Crippen LogP) is 3.39. The lowest BCUT2D eigenvalue weighted by Crippen LogP contribution is -2.66. The van der Waals surface area contributed by atoms with Gasteiger partial charge in [0.1, 0.15) is 37.5 Å². The number of terminal acetylenes is 1. The number of ether oxygens (including phenoxy) is 3. The predicted molar refractivity (Wildman–Crippen MR) is 187 cm³/mol. The van der Waals surface area contributed by atoms with E-state index in [9.17, 15) is 9.59 Å². The maximum atomic E-state index is 13.5. The highest BCUT2D eigenvalue weighted by Gasteiger charge is 2.49. The van der Waals surface area contributed by atoms with Gasteiger partial charge in [-0.05, 0) is 84.8 Å². The number of nitrogens with one attached hydrogen (secondary N) is 2. The van der Waals surface area contributed by atoms with Crippen molar-refractivity contribution in [3.63, 3.8) is 0 Å². The SMILES string of the molecule is B[C@@H]1[C@@H](C)C(=O)[C@@H](C)C(=O)O[C@H](CC)[C@@](C)(OC#C)[C@H](NCCCCn2cc(-c3cccc(N)c3)nn2)[C@@H](C)N[C@@H](C)C[C@@]1(C)OC. The fraction of sp³-hybridized carbons (Fsp3) is 0.657. The molecular weight excluding hydrogens is 595 g/mol. The minimum Gasteiger partial charge on any atom is -0.457 e. The van der Waals surface area contributed by atoms with Crippen LogP contribution in [0.1, 0.15) is 74.1 Å². The number of hydrogen-bond donors (Lipinski definition) is 3. The fourth-order valence-corrected chi connectivity index (χ4v) is 7.03. The molecule has 2 aromatic rings. The van der Waals surface area contributed by atoms with Crippen molar-refractivity contribution in [2.24, 2.45) is 11.8 Å². The molecule has 0 bridgehead atoms. The van der Waals surface area contributed by atoms with Gasteiger partial charge in [-0.3, -0.25) is 14.3 Å². The van der Waals surface area contributed by atoms with Crippen LogP contribution in [-0.2, 0) is 30.3 Å². The Hall–Kier alpha value is -3.40. The van der Waals surface area contributed by atoms with Gasteiger partial charge in [-0.15, -0.1) is 5.10 Å². The van der Waals surface area contributed by atoms with Gasteiger partial charge in [-0.25, -0.2) is 0 Å². The maximum Gasteiger partial charge on any atom is 0.316 e. The molecule has 3 rings (SSSR count). The Balaban J connectivity index is 1.82. The molecule has 4 N–H and O–H groups in total. The monoisotopic (exact) mass is 650 g/mol. The second kappa shape index (κ2) is 16.6. The molecule has 0 aliphatic carbocycles. The zero-order valence-electron chi connectivity index (χ0n) is 29.7. The van der Waals surface area contributed by atoms with E-state index < -0.39 is 35.1 Å². The Morgan fingerprint density at radius 1 is 1.23 bits per heavy atom. The highest BCUT2D eigenvalue weighted by atomic mass is 16.6. The van der Waals surface area contributed by atoms with Crippen LogP contribution in [0.15, 0.2) is 30.5 Å². The summed E-state index contributed by atoms with van der Waals surface area (Å²) in [6.07, 6.45) is 12.1. The number of aryl methyl sites for hydroxylation is 1. The zero-order valence-corrected chi connectivity index (χ0v) is 29.7. The minimum absolute atomic E-state index is 0.0172. The fourth-order valence-electron chi connectivity index (χ4n) is 7.03. The van der Waals surface area contributed by atoms with Gasteiger partial charge in [0.25, 0.3) is 0 Å². The molecule has 1 aromatic carbocycles. The van der Waals surface area contributed by atoms with E-state index in [0.29, 0.717) is 31.6 Å². The van der Waals surface area contributed by atoms with Crippen molar-refractivity contribution < 1.29 is 23.8 Å². The van der Waals surface area contributed by atoms with Crippen molar-refractivity contribution in [2.75, 3.05) is 19.4 Å². The molecule has 9 atom stereocenters. The Labute approximate surface area is 281 Å². The van der Waals surface area contributed by atoms with Crippen molar-refractivity contribution in [1.82, 2.24) is 25.6 Å². The summed E-state index contributed by atoms with van der Waals surface area (Å²) in [6, 6.07) is 7.09. The third kappa shape index (κ3) is 9.15. The first kappa shape index (κ1) is 38.1. The number of anilines is 1. The van der Waals surface area contributed by atoms with Crippen LogP contribution in [0.2, 0.25) is 5.82 Å². The number of aromatic nitrogens is 3. The number of cyclic esters (lactones) is 1. The van der Waals surface area contributed by atoms with E-state index in [2.05, 4.69) is 40.9 Å². The molecule has 1 aliphatic rings. The van der Waals surface area contributed by atoms with E-state index in [4.69, 9.17) is 26.4 Å². The summed E-state index contributed by atoms with van der Waals surface area (Å²) in [5.41, 5.74) is 6.59. The topological polar surface area (TPSA) is 143 Å². The highest BCUT2D eigenvalue weighted by Crippen LogP contribution is 2.38. The van der Waals surface area contributed by atoms with Gasteiger partial charge in [0.15, 0.2) is 5.60 Å². The van der Waals surface area contributed by atoms with Gasteiger partial charge in [0.2, 0.25) is 0 Å². The van der Waals surface area contributed by atoms with E-state index in [-0.39, 0.29) is 29.7 Å². The number of methoxy groups -OCH3 is 1. The van der Waals surface area contributed by atoms with Gasteiger partial charge in [-0.2, -0.15) is 0 Å². The smallest absolute Gasteiger partial charge is 0.316 e. The van der Waals surface area contributed by atoms with E-state index in [1.54, 1.807) is 14.0 Å². The average Bonchev–Trinajstić information content (AvgIpc) is 3.52. The zero-order chi connectivity index (χ0) is 34.9. The molecule has 258 valence electrons. The Morgan fingerprint density at radius 3 is 2.60 bits per heavy atom. The van der Waals surface area contributed by atoms with Crippen LogP contribution < -0.4 is 16.4 Å². The number of hydrogen-bond acceptors (Lipinski definition) is 10. The number of esters is 1. The molecule has 1 saturated heterocycles. The van der Waals surface area contributed by atoms with Crippen LogP contribution >= 0.6 is 0 Å². The van der Waals surface area contributed by atoms with Crippen molar-refractivity contribution in [3.8, 4) is 23.8 Å². The lowest BCUT2D eigenvalue weighted by atomic mass is 9.63. The summed E-state index contributed by atoms with van der Waals surface area (Å²) >= 11 is 0. The van der Waals surface area contributed by atoms with Gasteiger partial charge in [0, 0.05) is 42.9 Å². The number of nitrogens with two attached hydrogens (primary N) is 1. The molecule has 12 heteroatoms. The van der Waals surface area contributed by atoms with Crippen LogP contribution in [0.3, 0.4) is 0 Å². The van der Waals surface area contributed by atoms with Crippen LogP contribution in [-0.4, -0.2) is 83.7 Å². The Kier molecular flexibility index (Phi) is 13.5. The largest absolute Gasteiger partial charge is 0.457 e. The minimum atomic E-state index is -1.11. The quantitative estimate of drug-likeness (QED) is 0.0875. The Morgan fingerprint density at radius 2 is 1.96 bits per heavy atom. The highest BCUT2D eigenvalue weighted by molar-refractivity contribution is 6.15. The molecule has 1 aliphatic heterocycles. The maximum absolute atomic E-state index is 13.5. The molecule has 47 heavy (non-hydrogen) atoms. The second-order valence-electron chi connectivity index (χ2n) is 13.6. The number of Topliss-reactive ketones (excluding diaryl/α,β-unsaturated/α-hetero) is 1. The standard InChI is InChI=1S/C35H55BN6O5/c1-10-29-35(8,46-11-2)32(38-17-12-13-18-42-21-28(40-41-42)26-15-14-16-27(37)19-26)25(6)39-22(3)20-34(7,45-9)31(36)23(4)30(43)24(5)33(44)47-29/h2,14-16,19,21-25,29,31-32,38-39H,10,12-13,17-18,20,36-37H2,1,3-9H3/t22-,23-,24+,25+,29+,31+,32+,34+,35+/m0/s1. The van der Waals surface area contributed by atoms with Crippen molar-refractivity contribution in [1.29, 1.82) is 0 Å². The summed E-state index contributed by atoms with van der Waals surface area (Å²) in [5.74, 6) is -2.26. The van der Waals surface area contributed by atoms with Crippen LogP contribution in [0.5, 0.6) is 0 Å². The number of benzene rings is 1. The van der Waals surface area contributed by atoms with Crippen molar-refractivity contribution in [2.45, 2.75) is 122 Å². The number of nitrogens with zero attached hydrogens (tertiary/aromatic N) is 3. The number of carbonyl (C=O) groups excluding carboxylic acids is 2. The average molecular weight is 651 g/mol. The molecule has 0 spiro atoms. The molecule has 0 amide bonds. The first-order valence-electron chi connectivity index (χ1n) is 16.9. The van der Waals surface area contributed by atoms with Crippen LogP contribution in [0.25, 0.3) is 11.3 Å². The third-order valence-electron chi connectivity index (χ3n) is 10.2. The number of ketones is 1. The number of carbonyl (C=O) groups is 2. The van der Waals surface area contributed by atoms with Gasteiger partial charge in [0.05, 0.1) is 17.8 Å². The lowest BCUT2D eigenvalue weighted by Gasteiger charge is -2.46. The molecule has 1 aromatic heterocycles. The second-order valence-corrected chi connectivity index (χ2v) is 13.6. The molecule has 2 heterocycles. The van der Waals surface area contributed by atoms with Crippen LogP contribution in [0, 0.1) is 24.4 Å². The molecule has 0 radical (unpaired) electrons. The summed E-state index contributed by atoms with van der Waals surface area (Å²) < 4.78 is 20.0. The van der Waals surface area contributed by atoms with Gasteiger partial charge >= 0.3 is 5.97 Å². The summed E-state index contributed by atoms with van der Waals surface area (Å²) in [7, 11) is 3.69. The molecule has 1 fully saturated rings. The molecule has 0 saturated carbocycles. The first-order valence-corrected chi connectivity index (χ1v) is 16.9. The van der Waals surface area contributed by atoms with Gasteiger partial charge < -0.3 is 30.6 Å². The number of nitrogen functional groups attached to an aromatic ring is 1. The summed E-state index contributed by atoms with van der Waals surface area (Å²) in [6.45, 7) is 14.9. The summed E-state index contributed by atoms with van der Waals surface area (Å²) in [4.78, 5) is 27.0. The van der Waals surface area contributed by atoms with Crippen molar-refractivity contribution >= 4 is 25.3 Å². The van der Waals surface area contributed by atoms with E-state index >= 15 is 0 Å². The Bertz CT molecular complexity index is 1380. The van der Waals surface area contributed by atoms with E-state index in [1.165, 1.54) is 0 Å². The van der Waals surface area contributed by atoms with Crippen molar-refractivity contribution in [3.05, 3.63) is 30.5 Å². The first-order chi connectivity index (χ1) is 22.2. The molecule has 0 unspecified atom stereocenters. The molecular formula is C35H55BN6O5. The van der Waals surface area contributed by atoms with Gasteiger partial charge in [-0.1, -0.05) is 37.6 Å². The number of rotatable bonds is 10. The van der Waals surface area contributed by atoms with E-state index in [0.717, 1.165) is 24.1 Å². The normalized spacial score (nSPS) is 32.6. The lowest BCUT2D eigenvalue weighted by molar-refractivity contribution is -0.174. The summed E-state index contributed by atoms with van der Waals surface area (Å²) in [5, 5.41) is 16.0. The third-order valence-corrected chi connectivity index (χ3v) is 10.2. The molecule has 11 nitrogen and oxygen atoms in total.